The van der Waals surface area contributed by atoms with Crippen LogP contribution in [0.25, 0.3) is 5.69 Å². The Kier molecular flexibility index (Phi) is 4.39. The summed E-state index contributed by atoms with van der Waals surface area (Å²) in [6.07, 6.45) is 1.86. The zero-order valence-corrected chi connectivity index (χ0v) is 13.4. The van der Waals surface area contributed by atoms with Crippen molar-refractivity contribution in [3.63, 3.8) is 0 Å². The molecule has 2 heterocycles. The molecule has 0 radical (unpaired) electrons. The van der Waals surface area contributed by atoms with Gasteiger partial charge in [0.25, 0.3) is 0 Å². The van der Waals surface area contributed by atoms with E-state index in [2.05, 4.69) is 20.8 Å². The van der Waals surface area contributed by atoms with Crippen LogP contribution in [0.2, 0.25) is 0 Å². The molecule has 0 saturated carbocycles. The Morgan fingerprint density at radius 2 is 2.04 bits per heavy atom. The van der Waals surface area contributed by atoms with E-state index in [0.29, 0.717) is 17.1 Å². The summed E-state index contributed by atoms with van der Waals surface area (Å²) >= 11 is 0. The third-order valence-electron chi connectivity index (χ3n) is 3.64. The van der Waals surface area contributed by atoms with E-state index in [1.807, 2.05) is 6.92 Å². The lowest BCUT2D eigenvalue weighted by molar-refractivity contribution is -0.115. The van der Waals surface area contributed by atoms with Gasteiger partial charge in [0.1, 0.15) is 11.5 Å². The zero-order chi connectivity index (χ0) is 17.1. The Balaban J connectivity index is 1.66. The van der Waals surface area contributed by atoms with E-state index in [0.717, 1.165) is 16.9 Å². The minimum absolute atomic E-state index is 0.138. The van der Waals surface area contributed by atoms with Gasteiger partial charge in [-0.1, -0.05) is 10.4 Å². The summed E-state index contributed by atoms with van der Waals surface area (Å²) < 4.78 is 6.62. The van der Waals surface area contributed by atoms with Crippen LogP contribution < -0.4 is 5.32 Å². The minimum atomic E-state index is -0.157. The quantitative estimate of drug-likeness (QED) is 0.736. The summed E-state index contributed by atoms with van der Waals surface area (Å²) in [4.78, 5) is 12.1. The number of aliphatic hydroxyl groups excluding tert-OH is 1. The normalized spacial score (nSPS) is 10.8. The maximum atomic E-state index is 12.1. The molecule has 3 rings (SSSR count). The van der Waals surface area contributed by atoms with E-state index >= 15 is 0 Å². The van der Waals surface area contributed by atoms with Gasteiger partial charge >= 0.3 is 0 Å². The van der Waals surface area contributed by atoms with Gasteiger partial charge in [-0.25, -0.2) is 4.68 Å². The molecule has 3 aromatic rings. The maximum Gasteiger partial charge on any atom is 0.228 e. The molecule has 8 nitrogen and oxygen atoms in total. The maximum absolute atomic E-state index is 12.1. The highest BCUT2D eigenvalue weighted by molar-refractivity contribution is 5.92. The number of nitrogens with one attached hydrogen (secondary N) is 1. The van der Waals surface area contributed by atoms with Crippen molar-refractivity contribution in [2.75, 3.05) is 5.32 Å². The fourth-order valence-electron chi connectivity index (χ4n) is 2.31. The first kappa shape index (κ1) is 15.9. The van der Waals surface area contributed by atoms with Crippen LogP contribution in [-0.4, -0.2) is 31.2 Å². The fraction of sp³-hybridized carbons (Fsp3) is 0.250. The Morgan fingerprint density at radius 1 is 1.29 bits per heavy atom. The Hall–Kier alpha value is -3.00. The standard InChI is InChI=1S/C16H17N5O3/c1-10-15(11(2)24-19-10)7-16(23)17-12-3-5-14(6-4-12)21-8-13(9-22)18-20-21/h3-6,8,22H,7,9H2,1-2H3,(H,17,23). The van der Waals surface area contributed by atoms with Gasteiger partial charge in [0.15, 0.2) is 0 Å². The predicted molar refractivity (Wildman–Crippen MR) is 85.6 cm³/mol. The molecule has 1 amide bonds. The number of hydrogen-bond donors (Lipinski definition) is 2. The Bertz CT molecular complexity index is 831. The lowest BCUT2D eigenvalue weighted by atomic mass is 10.1. The van der Waals surface area contributed by atoms with Gasteiger partial charge in [-0.2, -0.15) is 0 Å². The van der Waals surface area contributed by atoms with Gasteiger partial charge in [-0.05, 0) is 38.1 Å². The van der Waals surface area contributed by atoms with Crippen molar-refractivity contribution >= 4 is 11.6 Å². The Morgan fingerprint density at radius 3 is 2.62 bits per heavy atom. The molecule has 124 valence electrons. The molecule has 1 aromatic carbocycles. The van der Waals surface area contributed by atoms with Crippen LogP contribution in [-0.2, 0) is 17.8 Å². The van der Waals surface area contributed by atoms with E-state index in [1.54, 1.807) is 42.1 Å². The number of amides is 1. The van der Waals surface area contributed by atoms with E-state index in [9.17, 15) is 4.79 Å². The summed E-state index contributed by atoms with van der Waals surface area (Å²) in [7, 11) is 0. The average molecular weight is 327 g/mol. The first-order valence-corrected chi connectivity index (χ1v) is 7.41. The molecule has 0 fully saturated rings. The molecule has 0 aliphatic rings. The number of benzene rings is 1. The smallest absolute Gasteiger partial charge is 0.228 e. The third-order valence-corrected chi connectivity index (χ3v) is 3.64. The molecule has 0 atom stereocenters. The van der Waals surface area contributed by atoms with Crippen molar-refractivity contribution in [3.8, 4) is 5.69 Å². The summed E-state index contributed by atoms with van der Waals surface area (Å²) in [5, 5.41) is 23.4. The zero-order valence-electron chi connectivity index (χ0n) is 13.4. The van der Waals surface area contributed by atoms with E-state index in [4.69, 9.17) is 9.63 Å². The number of aromatic nitrogens is 4. The molecule has 2 aromatic heterocycles. The lowest BCUT2D eigenvalue weighted by Crippen LogP contribution is -2.15. The van der Waals surface area contributed by atoms with E-state index in [-0.39, 0.29) is 18.9 Å². The molecule has 8 heteroatoms. The molecule has 0 saturated heterocycles. The van der Waals surface area contributed by atoms with Gasteiger partial charge in [0.2, 0.25) is 5.91 Å². The van der Waals surface area contributed by atoms with Crippen molar-refractivity contribution in [2.24, 2.45) is 0 Å². The van der Waals surface area contributed by atoms with Crippen molar-refractivity contribution in [3.05, 3.63) is 53.2 Å². The number of aryl methyl sites for hydroxylation is 2. The molecule has 2 N–H and O–H groups in total. The highest BCUT2D eigenvalue weighted by Crippen LogP contribution is 2.16. The number of rotatable bonds is 5. The van der Waals surface area contributed by atoms with Gasteiger partial charge in [0.05, 0.1) is 30.6 Å². The van der Waals surface area contributed by atoms with Gasteiger partial charge in [-0.15, -0.1) is 5.10 Å². The number of nitrogens with zero attached hydrogens (tertiary/aromatic N) is 4. The van der Waals surface area contributed by atoms with Gasteiger partial charge in [0, 0.05) is 11.3 Å². The topological polar surface area (TPSA) is 106 Å². The number of aliphatic hydroxyl groups is 1. The highest BCUT2D eigenvalue weighted by Gasteiger charge is 2.13. The van der Waals surface area contributed by atoms with Crippen molar-refractivity contribution in [1.29, 1.82) is 0 Å². The first-order valence-electron chi connectivity index (χ1n) is 7.41. The second kappa shape index (κ2) is 6.63. The Labute approximate surface area is 138 Å². The molecule has 24 heavy (non-hydrogen) atoms. The van der Waals surface area contributed by atoms with Crippen LogP contribution in [0.15, 0.2) is 35.0 Å². The number of anilines is 1. The van der Waals surface area contributed by atoms with Gasteiger partial charge in [-0.3, -0.25) is 4.79 Å². The molecule has 0 aliphatic carbocycles. The lowest BCUT2D eigenvalue weighted by Gasteiger charge is -2.06. The largest absolute Gasteiger partial charge is 0.390 e. The van der Waals surface area contributed by atoms with Crippen LogP contribution in [0.4, 0.5) is 5.69 Å². The third kappa shape index (κ3) is 3.33. The molecule has 0 unspecified atom stereocenters. The van der Waals surface area contributed by atoms with Gasteiger partial charge < -0.3 is 14.9 Å². The summed E-state index contributed by atoms with van der Waals surface area (Å²) in [5.41, 5.74) is 3.49. The fourth-order valence-corrected chi connectivity index (χ4v) is 2.31. The summed E-state index contributed by atoms with van der Waals surface area (Å²) in [6, 6.07) is 7.17. The second-order valence-electron chi connectivity index (χ2n) is 5.39. The molecular formula is C16H17N5O3. The second-order valence-corrected chi connectivity index (χ2v) is 5.39. The predicted octanol–water partition coefficient (Wildman–Crippen LogP) is 1.55. The summed E-state index contributed by atoms with van der Waals surface area (Å²) in [6.45, 7) is 3.44. The number of hydrogen-bond acceptors (Lipinski definition) is 6. The van der Waals surface area contributed by atoms with Crippen LogP contribution in [0.1, 0.15) is 22.7 Å². The van der Waals surface area contributed by atoms with Crippen LogP contribution >= 0.6 is 0 Å². The average Bonchev–Trinajstić information content (AvgIpc) is 3.18. The minimum Gasteiger partial charge on any atom is -0.390 e. The SMILES string of the molecule is Cc1noc(C)c1CC(=O)Nc1ccc(-n2cc(CO)nn2)cc1. The van der Waals surface area contributed by atoms with Crippen LogP contribution in [0, 0.1) is 13.8 Å². The number of carbonyl (C=O) groups is 1. The van der Waals surface area contributed by atoms with Crippen molar-refractivity contribution < 1.29 is 14.4 Å². The molecule has 0 aliphatic heterocycles. The number of carbonyl (C=O) groups excluding carboxylic acids is 1. The monoisotopic (exact) mass is 327 g/mol. The highest BCUT2D eigenvalue weighted by atomic mass is 16.5. The molecule has 0 spiro atoms. The van der Waals surface area contributed by atoms with E-state index < -0.39 is 0 Å². The molecular weight excluding hydrogens is 310 g/mol. The molecule has 0 bridgehead atoms. The van der Waals surface area contributed by atoms with Crippen molar-refractivity contribution in [1.82, 2.24) is 20.2 Å². The van der Waals surface area contributed by atoms with E-state index in [1.165, 1.54) is 0 Å². The summed E-state index contributed by atoms with van der Waals surface area (Å²) in [5.74, 6) is 0.518. The van der Waals surface area contributed by atoms with Crippen LogP contribution in [0.3, 0.4) is 0 Å². The van der Waals surface area contributed by atoms with Crippen LogP contribution in [0.5, 0.6) is 0 Å². The first-order chi connectivity index (χ1) is 11.6. The van der Waals surface area contributed by atoms with Crippen molar-refractivity contribution in [2.45, 2.75) is 26.9 Å².